The smallest absolute Gasteiger partial charge is 0.231 e. The van der Waals surface area contributed by atoms with E-state index < -0.39 is 5.41 Å². The second-order valence-electron chi connectivity index (χ2n) is 9.04. The lowest BCUT2D eigenvalue weighted by Gasteiger charge is -2.38. The predicted octanol–water partition coefficient (Wildman–Crippen LogP) is 1.96. The van der Waals surface area contributed by atoms with Gasteiger partial charge in [0.15, 0.2) is 0 Å². The number of nitrogens with zero attached hydrogens (tertiary/aromatic N) is 5. The third kappa shape index (κ3) is 4.06. The van der Waals surface area contributed by atoms with Crippen molar-refractivity contribution in [2.45, 2.75) is 26.3 Å². The molecule has 2 aromatic rings. The molecule has 0 aliphatic carbocycles. The first-order valence-corrected chi connectivity index (χ1v) is 11.3. The number of amides is 1. The Balaban J connectivity index is 1.41. The summed E-state index contributed by atoms with van der Waals surface area (Å²) in [6.45, 7) is 8.73. The average molecular weight is 426 g/mol. The molecule has 3 aliphatic heterocycles. The van der Waals surface area contributed by atoms with E-state index in [0.29, 0.717) is 32.8 Å². The first kappa shape index (κ1) is 20.5. The number of morpholine rings is 1. The molecule has 8 heteroatoms. The molecule has 3 saturated heterocycles. The van der Waals surface area contributed by atoms with Crippen LogP contribution < -0.4 is 4.90 Å². The van der Waals surface area contributed by atoms with Crippen LogP contribution in [0.25, 0.3) is 0 Å². The Hall–Kier alpha value is -2.45. The van der Waals surface area contributed by atoms with Crippen LogP contribution in [0.2, 0.25) is 0 Å². The first-order valence-electron chi connectivity index (χ1n) is 11.3. The molecular formula is C23H31N5O3. The molecule has 8 nitrogen and oxygen atoms in total. The van der Waals surface area contributed by atoms with E-state index in [9.17, 15) is 4.79 Å². The molecule has 1 amide bonds. The summed E-state index contributed by atoms with van der Waals surface area (Å²) >= 11 is 0. The van der Waals surface area contributed by atoms with Crippen LogP contribution in [0, 0.1) is 18.3 Å². The van der Waals surface area contributed by atoms with Crippen LogP contribution in [0.5, 0.6) is 0 Å². The van der Waals surface area contributed by atoms with Crippen molar-refractivity contribution in [2.24, 2.45) is 11.3 Å². The van der Waals surface area contributed by atoms with Crippen LogP contribution in [0.3, 0.4) is 0 Å². The van der Waals surface area contributed by atoms with E-state index in [1.807, 2.05) is 24.0 Å². The number of furan rings is 1. The maximum atomic E-state index is 13.9. The van der Waals surface area contributed by atoms with Gasteiger partial charge in [0.1, 0.15) is 11.5 Å². The fourth-order valence-electron chi connectivity index (χ4n) is 5.48. The molecule has 0 spiro atoms. The van der Waals surface area contributed by atoms with Gasteiger partial charge in [0.05, 0.1) is 25.2 Å². The summed E-state index contributed by atoms with van der Waals surface area (Å²) in [6, 6.07) is 5.91. The van der Waals surface area contributed by atoms with Crippen molar-refractivity contribution in [3.8, 4) is 0 Å². The van der Waals surface area contributed by atoms with Crippen LogP contribution in [-0.4, -0.2) is 78.2 Å². The van der Waals surface area contributed by atoms with Crippen LogP contribution >= 0.6 is 0 Å². The highest BCUT2D eigenvalue weighted by atomic mass is 16.5. The van der Waals surface area contributed by atoms with Gasteiger partial charge in [-0.25, -0.2) is 9.97 Å². The van der Waals surface area contributed by atoms with E-state index in [2.05, 4.69) is 25.8 Å². The first-order chi connectivity index (χ1) is 15.1. The number of rotatable bonds is 4. The molecule has 31 heavy (non-hydrogen) atoms. The van der Waals surface area contributed by atoms with Crippen molar-refractivity contribution in [3.05, 3.63) is 42.1 Å². The molecule has 3 fully saturated rings. The SMILES string of the molecule is Cc1ccc(CN2CCC[C@]3(C(=O)N4CCOCC4)CN(c4ncccn4)C[C@@H]3C2)o1. The molecule has 0 radical (unpaired) electrons. The number of hydrogen-bond donors (Lipinski definition) is 0. The molecule has 5 heterocycles. The quantitative estimate of drug-likeness (QED) is 0.741. The van der Waals surface area contributed by atoms with Crippen LogP contribution in [0.1, 0.15) is 24.4 Å². The van der Waals surface area contributed by atoms with Crippen LogP contribution in [0.15, 0.2) is 35.0 Å². The summed E-state index contributed by atoms with van der Waals surface area (Å²) in [5.41, 5.74) is -0.398. The summed E-state index contributed by atoms with van der Waals surface area (Å²) in [5.74, 6) is 3.17. The lowest BCUT2D eigenvalue weighted by molar-refractivity contribution is -0.148. The molecule has 2 aromatic heterocycles. The molecule has 0 bridgehead atoms. The van der Waals surface area contributed by atoms with Crippen LogP contribution in [-0.2, 0) is 16.1 Å². The highest BCUT2D eigenvalue weighted by molar-refractivity contribution is 5.85. The van der Waals surface area contributed by atoms with Crippen molar-refractivity contribution in [2.75, 3.05) is 57.4 Å². The molecule has 0 unspecified atom stereocenters. The van der Waals surface area contributed by atoms with Crippen molar-refractivity contribution in [1.82, 2.24) is 19.8 Å². The number of carbonyl (C=O) groups excluding carboxylic acids is 1. The number of aromatic nitrogens is 2. The lowest BCUT2D eigenvalue weighted by atomic mass is 9.73. The minimum Gasteiger partial charge on any atom is -0.465 e. The van der Waals surface area contributed by atoms with E-state index in [1.165, 1.54) is 0 Å². The average Bonchev–Trinajstić information content (AvgIpc) is 3.33. The van der Waals surface area contributed by atoms with Crippen LogP contribution in [0.4, 0.5) is 5.95 Å². The Kier molecular flexibility index (Phi) is 5.67. The minimum atomic E-state index is -0.398. The minimum absolute atomic E-state index is 0.227. The second kappa shape index (κ2) is 8.59. The van der Waals surface area contributed by atoms with E-state index in [4.69, 9.17) is 9.15 Å². The molecule has 5 rings (SSSR count). The van der Waals surface area contributed by atoms with E-state index >= 15 is 0 Å². The van der Waals surface area contributed by atoms with Gasteiger partial charge in [0.2, 0.25) is 11.9 Å². The second-order valence-corrected chi connectivity index (χ2v) is 9.04. The maximum Gasteiger partial charge on any atom is 0.231 e. The number of aryl methyl sites for hydroxylation is 1. The Morgan fingerprint density at radius 3 is 2.71 bits per heavy atom. The zero-order valence-corrected chi connectivity index (χ0v) is 18.2. The van der Waals surface area contributed by atoms with Gasteiger partial charge in [-0.3, -0.25) is 9.69 Å². The van der Waals surface area contributed by atoms with Crippen molar-refractivity contribution < 1.29 is 13.9 Å². The largest absolute Gasteiger partial charge is 0.465 e. The van der Waals surface area contributed by atoms with Gasteiger partial charge in [-0.1, -0.05) is 0 Å². The van der Waals surface area contributed by atoms with E-state index in [0.717, 1.165) is 56.5 Å². The monoisotopic (exact) mass is 425 g/mol. The highest BCUT2D eigenvalue weighted by Crippen LogP contribution is 2.45. The molecule has 166 valence electrons. The lowest BCUT2D eigenvalue weighted by Crippen LogP contribution is -2.52. The zero-order chi connectivity index (χ0) is 21.3. The number of carbonyl (C=O) groups is 1. The molecule has 0 aromatic carbocycles. The van der Waals surface area contributed by atoms with Gasteiger partial charge in [-0.2, -0.15) is 0 Å². The van der Waals surface area contributed by atoms with Gasteiger partial charge in [0.25, 0.3) is 0 Å². The predicted molar refractivity (Wildman–Crippen MR) is 116 cm³/mol. The molecule has 2 atom stereocenters. The number of anilines is 1. The number of hydrogen-bond acceptors (Lipinski definition) is 7. The molecule has 0 saturated carbocycles. The van der Waals surface area contributed by atoms with Gasteiger partial charge in [-0.05, 0) is 44.5 Å². The van der Waals surface area contributed by atoms with Gasteiger partial charge >= 0.3 is 0 Å². The van der Waals surface area contributed by atoms with Crippen molar-refractivity contribution in [1.29, 1.82) is 0 Å². The standard InChI is InChI=1S/C23H31N5O3/c1-18-4-5-20(31-18)16-26-9-2-6-23(21(29)27-10-12-30-13-11-27)17-28(15-19(23)14-26)22-24-7-3-8-25-22/h3-5,7-8,19H,2,6,9-17H2,1H3/t19-,23-/m0/s1. The fourth-order valence-corrected chi connectivity index (χ4v) is 5.48. The van der Waals surface area contributed by atoms with Crippen molar-refractivity contribution >= 4 is 11.9 Å². The number of ether oxygens (including phenoxy) is 1. The third-order valence-corrected chi connectivity index (χ3v) is 7.01. The van der Waals surface area contributed by atoms with Crippen molar-refractivity contribution in [3.63, 3.8) is 0 Å². The Labute approximate surface area is 183 Å². The van der Waals surface area contributed by atoms with Gasteiger partial charge in [-0.15, -0.1) is 0 Å². The Morgan fingerprint density at radius 1 is 1.16 bits per heavy atom. The zero-order valence-electron chi connectivity index (χ0n) is 18.2. The topological polar surface area (TPSA) is 74.9 Å². The maximum absolute atomic E-state index is 13.9. The van der Waals surface area contributed by atoms with E-state index in [-0.39, 0.29) is 11.8 Å². The van der Waals surface area contributed by atoms with Gasteiger partial charge < -0.3 is 19.0 Å². The van der Waals surface area contributed by atoms with E-state index in [1.54, 1.807) is 12.4 Å². The number of likely N-dealkylation sites (tertiary alicyclic amines) is 1. The summed E-state index contributed by atoms with van der Waals surface area (Å²) in [7, 11) is 0. The highest BCUT2D eigenvalue weighted by Gasteiger charge is 2.55. The summed E-state index contributed by atoms with van der Waals surface area (Å²) in [5, 5.41) is 0. The number of fused-ring (bicyclic) bond motifs is 1. The summed E-state index contributed by atoms with van der Waals surface area (Å²) in [4.78, 5) is 29.6. The Morgan fingerprint density at radius 2 is 1.97 bits per heavy atom. The summed E-state index contributed by atoms with van der Waals surface area (Å²) < 4.78 is 11.3. The fraction of sp³-hybridized carbons (Fsp3) is 0.609. The molecule has 0 N–H and O–H groups in total. The van der Waals surface area contributed by atoms with Gasteiger partial charge in [0, 0.05) is 51.0 Å². The normalized spacial score (nSPS) is 27.2. The Bertz CT molecular complexity index is 898. The molecule has 3 aliphatic rings. The third-order valence-electron chi connectivity index (χ3n) is 7.01. The molecular weight excluding hydrogens is 394 g/mol. The summed E-state index contributed by atoms with van der Waals surface area (Å²) in [6.07, 6.45) is 5.44.